The van der Waals surface area contributed by atoms with Gasteiger partial charge in [-0.3, -0.25) is 0 Å². The first-order valence-corrected chi connectivity index (χ1v) is 13.4. The Morgan fingerprint density at radius 1 is 0.886 bits per heavy atom. The number of rotatable bonds is 7. The number of halogens is 1. The van der Waals surface area contributed by atoms with Gasteiger partial charge in [0.1, 0.15) is 18.2 Å². The average Bonchev–Trinajstić information content (AvgIpc) is 2.89. The van der Waals surface area contributed by atoms with Crippen LogP contribution in [0.3, 0.4) is 0 Å². The lowest BCUT2D eigenvalue weighted by Gasteiger charge is -2.42. The lowest BCUT2D eigenvalue weighted by atomic mass is 9.63. The van der Waals surface area contributed by atoms with E-state index in [9.17, 15) is 4.39 Å². The maximum absolute atomic E-state index is 14.9. The molecule has 2 heteroatoms. The predicted molar refractivity (Wildman–Crippen MR) is 144 cm³/mol. The molecule has 2 saturated carbocycles. The normalized spacial score (nSPS) is 24.2. The molecule has 0 spiro atoms. The van der Waals surface area contributed by atoms with Crippen LogP contribution in [0.4, 0.5) is 4.39 Å². The minimum atomic E-state index is -0.198. The van der Waals surface area contributed by atoms with Crippen molar-refractivity contribution in [3.63, 3.8) is 0 Å². The maximum Gasteiger partial charge on any atom is 0.139 e. The molecule has 2 aromatic rings. The Morgan fingerprint density at radius 3 is 2.43 bits per heavy atom. The zero-order chi connectivity index (χ0) is 24.5. The third kappa shape index (κ3) is 7.11. The van der Waals surface area contributed by atoms with Gasteiger partial charge in [0, 0.05) is 5.56 Å². The summed E-state index contributed by atoms with van der Waals surface area (Å²) < 4.78 is 20.6. The van der Waals surface area contributed by atoms with Crippen LogP contribution in [-0.2, 0) is 0 Å². The molecule has 4 atom stereocenters. The molecule has 0 N–H and O–H groups in total. The van der Waals surface area contributed by atoms with Gasteiger partial charge in [-0.15, -0.1) is 0 Å². The minimum Gasteiger partial charge on any atom is -0.490 e. The van der Waals surface area contributed by atoms with E-state index in [1.54, 1.807) is 6.07 Å². The van der Waals surface area contributed by atoms with Crippen molar-refractivity contribution in [2.45, 2.75) is 71.1 Å². The molecule has 0 radical (unpaired) electrons. The number of allylic oxidation sites excluding steroid dienone is 3. The first-order chi connectivity index (χ1) is 17.2. The monoisotopic (exact) mass is 470 g/mol. The smallest absolute Gasteiger partial charge is 0.139 e. The molecule has 0 aliphatic heterocycles. The van der Waals surface area contributed by atoms with Gasteiger partial charge in [0.05, 0.1) is 5.56 Å². The fourth-order valence-electron chi connectivity index (χ4n) is 5.95. The lowest BCUT2D eigenvalue weighted by Crippen LogP contribution is -2.30. The highest BCUT2D eigenvalue weighted by Gasteiger charge is 2.35. The molecule has 184 valence electrons. The average molecular weight is 471 g/mol. The fraction of sp³-hybridized carbons (Fsp3) is 0.455. The molecule has 35 heavy (non-hydrogen) atoms. The van der Waals surface area contributed by atoms with Crippen molar-refractivity contribution in [3.05, 3.63) is 89.3 Å². The number of hydrogen-bond acceptors (Lipinski definition) is 1. The standard InChI is InChI=1S/C33H39FO/c1-3-5-7-8-26-10-14-29-23-30(18-17-28(29)22-26)31-16-15-27(33(34)24-31)13-9-25-11-19-32(20-12-25)35-21-6-4-2/h3-6,11-12,15-16,19-20,24,26,28-30H,7-8,10,14,17-18,21-23H2,1-2H3/b5-3+,6-4+. The second-order valence-corrected chi connectivity index (χ2v) is 10.2. The van der Waals surface area contributed by atoms with Crippen LogP contribution >= 0.6 is 0 Å². The Morgan fingerprint density at radius 2 is 1.66 bits per heavy atom. The SMILES string of the molecule is C/C=C/CCC1CCC2CC(c3ccc(C#Cc4ccc(OC/C=C/C)cc4)c(F)c3)CCC2C1. The first-order valence-electron chi connectivity index (χ1n) is 13.4. The highest BCUT2D eigenvalue weighted by atomic mass is 19.1. The summed E-state index contributed by atoms with van der Waals surface area (Å²) >= 11 is 0. The molecule has 4 rings (SSSR count). The zero-order valence-corrected chi connectivity index (χ0v) is 21.3. The highest BCUT2D eigenvalue weighted by Crippen LogP contribution is 2.48. The molecule has 2 aliphatic rings. The van der Waals surface area contributed by atoms with Crippen LogP contribution in [0.25, 0.3) is 0 Å². The van der Waals surface area contributed by atoms with Crippen molar-refractivity contribution in [1.82, 2.24) is 0 Å². The quantitative estimate of drug-likeness (QED) is 0.290. The van der Waals surface area contributed by atoms with Crippen molar-refractivity contribution in [2.24, 2.45) is 17.8 Å². The number of hydrogen-bond donors (Lipinski definition) is 0. The Labute approximate surface area is 211 Å². The number of benzene rings is 2. The van der Waals surface area contributed by atoms with Gasteiger partial charge in [0.2, 0.25) is 0 Å². The Kier molecular flexibility index (Phi) is 9.24. The van der Waals surface area contributed by atoms with Crippen LogP contribution in [0.5, 0.6) is 5.75 Å². The van der Waals surface area contributed by atoms with Crippen molar-refractivity contribution in [1.29, 1.82) is 0 Å². The molecular formula is C33H39FO. The Hall–Kier alpha value is -2.79. The number of fused-ring (bicyclic) bond motifs is 1. The highest BCUT2D eigenvalue weighted by molar-refractivity contribution is 5.45. The largest absolute Gasteiger partial charge is 0.490 e. The van der Waals surface area contributed by atoms with E-state index < -0.39 is 0 Å². The molecule has 1 nitrogen and oxygen atoms in total. The Balaban J connectivity index is 1.33. The fourth-order valence-corrected chi connectivity index (χ4v) is 5.95. The van der Waals surface area contributed by atoms with Crippen LogP contribution in [0, 0.1) is 35.4 Å². The molecule has 0 heterocycles. The summed E-state index contributed by atoms with van der Waals surface area (Å²) in [7, 11) is 0. The molecule has 2 fully saturated rings. The molecular weight excluding hydrogens is 431 g/mol. The summed E-state index contributed by atoms with van der Waals surface area (Å²) in [5.41, 5.74) is 2.48. The summed E-state index contributed by atoms with van der Waals surface area (Å²) in [6.07, 6.45) is 18.8. The van der Waals surface area contributed by atoms with Gasteiger partial charge >= 0.3 is 0 Å². The molecule has 0 bridgehead atoms. The van der Waals surface area contributed by atoms with Gasteiger partial charge in [0.15, 0.2) is 0 Å². The van der Waals surface area contributed by atoms with Crippen molar-refractivity contribution in [3.8, 4) is 17.6 Å². The van der Waals surface area contributed by atoms with Crippen molar-refractivity contribution < 1.29 is 9.13 Å². The van der Waals surface area contributed by atoms with E-state index in [-0.39, 0.29) is 5.82 Å². The molecule has 0 amide bonds. The van der Waals surface area contributed by atoms with Crippen LogP contribution in [0.1, 0.15) is 87.8 Å². The van der Waals surface area contributed by atoms with Crippen LogP contribution in [0.15, 0.2) is 66.8 Å². The minimum absolute atomic E-state index is 0.198. The van der Waals surface area contributed by atoms with E-state index in [1.807, 2.05) is 49.4 Å². The van der Waals surface area contributed by atoms with E-state index in [2.05, 4.69) is 37.0 Å². The van der Waals surface area contributed by atoms with Gasteiger partial charge in [0.25, 0.3) is 0 Å². The van der Waals surface area contributed by atoms with Crippen LogP contribution in [0.2, 0.25) is 0 Å². The molecule has 2 aliphatic carbocycles. The van der Waals surface area contributed by atoms with Gasteiger partial charge in [-0.2, -0.15) is 0 Å². The molecule has 0 aromatic heterocycles. The number of ether oxygens (including phenoxy) is 1. The van der Waals surface area contributed by atoms with E-state index in [4.69, 9.17) is 4.74 Å². The lowest BCUT2D eigenvalue weighted by molar-refractivity contribution is 0.115. The van der Waals surface area contributed by atoms with Crippen LogP contribution in [-0.4, -0.2) is 6.61 Å². The summed E-state index contributed by atoms with van der Waals surface area (Å²) in [4.78, 5) is 0. The summed E-state index contributed by atoms with van der Waals surface area (Å²) in [5.74, 6) is 9.81. The van der Waals surface area contributed by atoms with E-state index in [1.165, 1.54) is 51.4 Å². The summed E-state index contributed by atoms with van der Waals surface area (Å²) in [6.45, 7) is 4.64. The van der Waals surface area contributed by atoms with E-state index in [0.717, 1.165) is 34.6 Å². The van der Waals surface area contributed by atoms with Crippen molar-refractivity contribution in [2.75, 3.05) is 6.61 Å². The van der Waals surface area contributed by atoms with Gasteiger partial charge < -0.3 is 4.74 Å². The summed E-state index contributed by atoms with van der Waals surface area (Å²) in [6, 6.07) is 13.4. The first kappa shape index (κ1) is 25.3. The Bertz CT molecular complexity index is 1070. The third-order valence-corrected chi connectivity index (χ3v) is 7.94. The molecule has 4 unspecified atom stereocenters. The third-order valence-electron chi connectivity index (χ3n) is 7.94. The summed E-state index contributed by atoms with van der Waals surface area (Å²) in [5, 5.41) is 0. The van der Waals surface area contributed by atoms with Gasteiger partial charge in [-0.05, 0) is 124 Å². The van der Waals surface area contributed by atoms with E-state index >= 15 is 0 Å². The second-order valence-electron chi connectivity index (χ2n) is 10.2. The van der Waals surface area contributed by atoms with E-state index in [0.29, 0.717) is 18.1 Å². The van der Waals surface area contributed by atoms with Crippen LogP contribution < -0.4 is 4.74 Å². The predicted octanol–water partition coefficient (Wildman–Crippen LogP) is 8.84. The van der Waals surface area contributed by atoms with Crippen molar-refractivity contribution >= 4 is 0 Å². The second kappa shape index (κ2) is 12.8. The maximum atomic E-state index is 14.9. The molecule has 0 saturated heterocycles. The van der Waals surface area contributed by atoms with Gasteiger partial charge in [-0.1, -0.05) is 48.6 Å². The van der Waals surface area contributed by atoms with Gasteiger partial charge in [-0.25, -0.2) is 4.39 Å². The zero-order valence-electron chi connectivity index (χ0n) is 21.3. The molecule has 2 aromatic carbocycles. The topological polar surface area (TPSA) is 9.23 Å².